The quantitative estimate of drug-likeness (QED) is 0.503. The van der Waals surface area contributed by atoms with Gasteiger partial charge in [0.1, 0.15) is 5.15 Å². The zero-order chi connectivity index (χ0) is 17.4. The van der Waals surface area contributed by atoms with Crippen molar-refractivity contribution in [2.75, 3.05) is 11.9 Å². The van der Waals surface area contributed by atoms with Crippen LogP contribution in [-0.4, -0.2) is 33.7 Å². The van der Waals surface area contributed by atoms with Gasteiger partial charge in [-0.3, -0.25) is 0 Å². The van der Waals surface area contributed by atoms with E-state index >= 15 is 0 Å². The zero-order valence-corrected chi connectivity index (χ0v) is 17.2. The normalized spacial score (nSPS) is 23.8. The number of hydrogen-bond acceptors (Lipinski definition) is 5. The van der Waals surface area contributed by atoms with E-state index in [0.717, 1.165) is 58.4 Å². The fourth-order valence-corrected chi connectivity index (χ4v) is 4.11. The summed E-state index contributed by atoms with van der Waals surface area (Å²) in [7, 11) is 0. The van der Waals surface area contributed by atoms with E-state index in [1.165, 1.54) is 12.8 Å². The van der Waals surface area contributed by atoms with Crippen molar-refractivity contribution < 1.29 is 4.74 Å². The number of rotatable bonds is 5. The Morgan fingerprint density at radius 3 is 2.68 bits per heavy atom. The molecular weight excluding hydrogens is 451 g/mol. The summed E-state index contributed by atoms with van der Waals surface area (Å²) in [6, 6.07) is 0.411. The first-order chi connectivity index (χ1) is 12.1. The molecule has 2 saturated carbocycles. The van der Waals surface area contributed by atoms with Gasteiger partial charge in [-0.1, -0.05) is 11.6 Å². The minimum Gasteiger partial charge on any atom is -0.378 e. The minimum atomic E-state index is 0.411. The average Bonchev–Trinajstić information content (AvgIpc) is 3.43. The van der Waals surface area contributed by atoms with Gasteiger partial charge in [0.2, 0.25) is 5.95 Å². The van der Waals surface area contributed by atoms with Crippen LogP contribution in [0.5, 0.6) is 0 Å². The lowest BCUT2D eigenvalue weighted by atomic mass is 9.93. The first kappa shape index (κ1) is 17.7. The van der Waals surface area contributed by atoms with Gasteiger partial charge in [-0.2, -0.15) is 0 Å². The van der Waals surface area contributed by atoms with Gasteiger partial charge in [0, 0.05) is 18.8 Å². The molecular formula is C18H22ClIN4O. The van der Waals surface area contributed by atoms with E-state index in [0.29, 0.717) is 23.2 Å². The van der Waals surface area contributed by atoms with E-state index in [-0.39, 0.29) is 0 Å². The number of hydrogen-bond donors (Lipinski definition) is 1. The summed E-state index contributed by atoms with van der Waals surface area (Å²) in [5, 5.41) is 4.76. The molecule has 2 fully saturated rings. The monoisotopic (exact) mass is 472 g/mol. The number of ether oxygens (including phenoxy) is 1. The summed E-state index contributed by atoms with van der Waals surface area (Å²) in [5.74, 6) is 1.52. The van der Waals surface area contributed by atoms with Crippen molar-refractivity contribution in [3.8, 4) is 0 Å². The van der Waals surface area contributed by atoms with Crippen molar-refractivity contribution in [3.05, 3.63) is 20.6 Å². The van der Waals surface area contributed by atoms with Crippen LogP contribution < -0.4 is 5.32 Å². The highest BCUT2D eigenvalue weighted by molar-refractivity contribution is 14.1. The van der Waals surface area contributed by atoms with Crippen LogP contribution >= 0.6 is 34.2 Å². The van der Waals surface area contributed by atoms with Crippen molar-refractivity contribution in [3.63, 3.8) is 0 Å². The van der Waals surface area contributed by atoms with Gasteiger partial charge in [0.25, 0.3) is 0 Å². The van der Waals surface area contributed by atoms with Crippen molar-refractivity contribution >= 4 is 51.0 Å². The molecule has 0 radical (unpaired) electrons. The summed E-state index contributed by atoms with van der Waals surface area (Å²) in [6.45, 7) is 2.91. The SMILES string of the molecule is Cc1nc(Cl)c2cnc(N[C@H]3CC[C@H](OCC4CC4)CC3)nc2c1I. The van der Waals surface area contributed by atoms with E-state index in [4.69, 9.17) is 21.3 Å². The Labute approximate surface area is 166 Å². The van der Waals surface area contributed by atoms with Gasteiger partial charge in [0.05, 0.1) is 26.3 Å². The lowest BCUT2D eigenvalue weighted by Crippen LogP contribution is -2.30. The smallest absolute Gasteiger partial charge is 0.223 e. The van der Waals surface area contributed by atoms with Crippen LogP contribution in [0.15, 0.2) is 6.20 Å². The number of aromatic nitrogens is 3. The molecule has 134 valence electrons. The van der Waals surface area contributed by atoms with E-state index < -0.39 is 0 Å². The molecule has 25 heavy (non-hydrogen) atoms. The number of pyridine rings is 1. The van der Waals surface area contributed by atoms with Crippen LogP contribution in [0.4, 0.5) is 5.95 Å². The summed E-state index contributed by atoms with van der Waals surface area (Å²) in [5.41, 5.74) is 1.77. The third-order valence-electron chi connectivity index (χ3n) is 5.07. The molecule has 0 unspecified atom stereocenters. The van der Waals surface area contributed by atoms with Gasteiger partial charge in [-0.25, -0.2) is 15.0 Å². The molecule has 1 N–H and O–H groups in total. The van der Waals surface area contributed by atoms with Gasteiger partial charge in [-0.15, -0.1) is 0 Å². The number of nitrogens with one attached hydrogen (secondary N) is 1. The Kier molecular flexibility index (Phi) is 5.29. The first-order valence-electron chi connectivity index (χ1n) is 8.96. The van der Waals surface area contributed by atoms with Gasteiger partial charge >= 0.3 is 0 Å². The van der Waals surface area contributed by atoms with Crippen molar-refractivity contribution in [1.29, 1.82) is 0 Å². The number of fused-ring (bicyclic) bond motifs is 1. The molecule has 5 nitrogen and oxygen atoms in total. The number of anilines is 1. The molecule has 0 atom stereocenters. The van der Waals surface area contributed by atoms with Crippen LogP contribution in [0.3, 0.4) is 0 Å². The molecule has 7 heteroatoms. The minimum absolute atomic E-state index is 0.411. The van der Waals surface area contributed by atoms with Crippen molar-refractivity contribution in [2.45, 2.75) is 57.6 Å². The third kappa shape index (κ3) is 4.17. The maximum atomic E-state index is 6.22. The van der Waals surface area contributed by atoms with E-state index in [1.54, 1.807) is 6.20 Å². The molecule has 2 aromatic heterocycles. The molecule has 2 aromatic rings. The van der Waals surface area contributed by atoms with Gasteiger partial charge in [0.15, 0.2) is 0 Å². The van der Waals surface area contributed by atoms with Crippen LogP contribution in [0.25, 0.3) is 10.9 Å². The Balaban J connectivity index is 1.40. The molecule has 2 heterocycles. The maximum Gasteiger partial charge on any atom is 0.223 e. The highest BCUT2D eigenvalue weighted by Gasteiger charge is 2.26. The van der Waals surface area contributed by atoms with Gasteiger partial charge < -0.3 is 10.1 Å². The number of aryl methyl sites for hydroxylation is 1. The molecule has 2 aliphatic rings. The van der Waals surface area contributed by atoms with Crippen LogP contribution in [0, 0.1) is 16.4 Å². The molecule has 0 spiro atoms. The summed E-state index contributed by atoms with van der Waals surface area (Å²) >= 11 is 8.50. The average molecular weight is 473 g/mol. The number of nitrogens with zero attached hydrogens (tertiary/aromatic N) is 3. The highest BCUT2D eigenvalue weighted by Crippen LogP contribution is 2.32. The van der Waals surface area contributed by atoms with Crippen LogP contribution in [0.1, 0.15) is 44.2 Å². The van der Waals surface area contributed by atoms with E-state index in [2.05, 4.69) is 37.9 Å². The summed E-state index contributed by atoms with van der Waals surface area (Å²) < 4.78 is 7.05. The van der Waals surface area contributed by atoms with Crippen LogP contribution in [-0.2, 0) is 4.74 Å². The Bertz CT molecular complexity index is 775. The summed E-state index contributed by atoms with van der Waals surface area (Å²) in [4.78, 5) is 13.5. The van der Waals surface area contributed by atoms with Crippen LogP contribution in [0.2, 0.25) is 5.15 Å². The highest BCUT2D eigenvalue weighted by atomic mass is 127. The van der Waals surface area contributed by atoms with Crippen molar-refractivity contribution in [2.24, 2.45) is 5.92 Å². The zero-order valence-electron chi connectivity index (χ0n) is 14.3. The molecule has 0 amide bonds. The third-order valence-corrected chi connectivity index (χ3v) is 6.65. The fourth-order valence-electron chi connectivity index (χ4n) is 3.31. The fraction of sp³-hybridized carbons (Fsp3) is 0.611. The second kappa shape index (κ2) is 7.48. The molecule has 0 bridgehead atoms. The Morgan fingerprint density at radius 1 is 1.20 bits per heavy atom. The predicted octanol–water partition coefficient (Wildman–Crippen LogP) is 4.74. The standard InChI is InChI=1S/C18H22ClIN4O/c1-10-15(20)16-14(17(19)22-10)8-21-18(24-16)23-12-4-6-13(7-5-12)25-9-11-2-3-11/h8,11-13H,2-7,9H2,1H3,(H,21,23,24)/t12-,13-. The summed E-state index contributed by atoms with van der Waals surface area (Å²) in [6.07, 6.45) is 9.35. The largest absolute Gasteiger partial charge is 0.378 e. The van der Waals surface area contributed by atoms with Crippen molar-refractivity contribution in [1.82, 2.24) is 15.0 Å². The van der Waals surface area contributed by atoms with E-state index in [1.807, 2.05) is 6.92 Å². The lowest BCUT2D eigenvalue weighted by molar-refractivity contribution is 0.0203. The Morgan fingerprint density at radius 2 is 1.96 bits per heavy atom. The maximum absolute atomic E-state index is 6.22. The molecule has 0 aromatic carbocycles. The number of halogens is 2. The topological polar surface area (TPSA) is 59.9 Å². The Hall–Kier alpha value is -0.730. The second-order valence-corrected chi connectivity index (χ2v) is 8.59. The molecule has 4 rings (SSSR count). The molecule has 0 aliphatic heterocycles. The molecule has 0 saturated heterocycles. The lowest BCUT2D eigenvalue weighted by Gasteiger charge is -2.29. The first-order valence-corrected chi connectivity index (χ1v) is 10.4. The van der Waals surface area contributed by atoms with Gasteiger partial charge in [-0.05, 0) is 74.0 Å². The second-order valence-electron chi connectivity index (χ2n) is 7.15. The predicted molar refractivity (Wildman–Crippen MR) is 108 cm³/mol. The van der Waals surface area contributed by atoms with E-state index in [9.17, 15) is 0 Å². The molecule has 2 aliphatic carbocycles.